The maximum absolute atomic E-state index is 14.1. The first-order valence-corrected chi connectivity index (χ1v) is 9.17. The van der Waals surface area contributed by atoms with E-state index in [1.165, 1.54) is 23.6 Å². The van der Waals surface area contributed by atoms with Gasteiger partial charge in [0.25, 0.3) is 5.89 Å². The number of hydrogen-bond acceptors (Lipinski definition) is 3. The summed E-state index contributed by atoms with van der Waals surface area (Å²) in [5.41, 5.74) is -2.76. The maximum atomic E-state index is 14.1. The molecule has 0 aliphatic heterocycles. The zero-order valence-corrected chi connectivity index (χ0v) is 16.5. The first-order chi connectivity index (χ1) is 15.4. The molecule has 5 nitrogen and oxygen atoms in total. The Morgan fingerprint density at radius 3 is 2.39 bits per heavy atom. The van der Waals surface area contributed by atoms with E-state index in [2.05, 4.69) is 15.0 Å². The van der Waals surface area contributed by atoms with Crippen LogP contribution < -0.4 is 0 Å². The largest absolute Gasteiger partial charge is 0.416 e. The van der Waals surface area contributed by atoms with Gasteiger partial charge in [-0.25, -0.2) is 9.24 Å². The van der Waals surface area contributed by atoms with E-state index in [0.717, 1.165) is 6.07 Å². The molecule has 170 valence electrons. The molecule has 4 aromatic rings. The molecule has 0 saturated heterocycles. The van der Waals surface area contributed by atoms with Gasteiger partial charge >= 0.3 is 12.4 Å². The molecular weight excluding hydrogens is 457 g/mol. The molecule has 0 N–H and O–H groups in total. The minimum Gasteiger partial charge on any atom is -0.337 e. The second-order valence-electron chi connectivity index (χ2n) is 7.08. The Morgan fingerprint density at radius 2 is 1.76 bits per heavy atom. The molecule has 2 aromatic carbocycles. The molecular formula is C21H11F7N4O. The number of hydrogen-bond donors (Lipinski definition) is 0. The zero-order valence-electron chi connectivity index (χ0n) is 16.5. The van der Waals surface area contributed by atoms with Crippen LogP contribution >= 0.6 is 0 Å². The lowest BCUT2D eigenvalue weighted by atomic mass is 10.1. The van der Waals surface area contributed by atoms with Crippen molar-refractivity contribution < 1.29 is 35.3 Å². The van der Waals surface area contributed by atoms with Crippen LogP contribution in [0.4, 0.5) is 36.4 Å². The topological polar surface area (TPSA) is 48.2 Å². The first-order valence-electron chi connectivity index (χ1n) is 9.17. The first kappa shape index (κ1) is 22.3. The van der Waals surface area contributed by atoms with Gasteiger partial charge < -0.3 is 9.09 Å². The molecule has 0 spiro atoms. The summed E-state index contributed by atoms with van der Waals surface area (Å²) in [4.78, 5) is 6.86. The highest BCUT2D eigenvalue weighted by Crippen LogP contribution is 2.42. The summed E-state index contributed by atoms with van der Waals surface area (Å²) in [7, 11) is 0. The molecule has 2 heterocycles. The van der Waals surface area contributed by atoms with E-state index in [0.29, 0.717) is 23.9 Å². The van der Waals surface area contributed by atoms with Crippen molar-refractivity contribution in [2.75, 3.05) is 0 Å². The summed E-state index contributed by atoms with van der Waals surface area (Å²) in [5, 5.41) is 3.43. The van der Waals surface area contributed by atoms with Gasteiger partial charge in [-0.1, -0.05) is 11.2 Å². The number of nitrogens with zero attached hydrogens (tertiary/aromatic N) is 4. The van der Waals surface area contributed by atoms with Crippen molar-refractivity contribution in [2.45, 2.75) is 25.8 Å². The Morgan fingerprint density at radius 1 is 1.03 bits per heavy atom. The summed E-state index contributed by atoms with van der Waals surface area (Å²) in [6.07, 6.45) is -9.48. The number of rotatable bonds is 3. The van der Waals surface area contributed by atoms with Gasteiger partial charge in [0, 0.05) is 16.6 Å². The van der Waals surface area contributed by atoms with Crippen LogP contribution in [-0.2, 0) is 18.9 Å². The van der Waals surface area contributed by atoms with Gasteiger partial charge in [-0.15, -0.1) is 0 Å². The molecule has 0 atom stereocenters. The normalized spacial score (nSPS) is 12.3. The predicted molar refractivity (Wildman–Crippen MR) is 102 cm³/mol. The molecule has 0 aliphatic carbocycles. The Balaban J connectivity index is 1.75. The minimum absolute atomic E-state index is 0.0924. The SMILES string of the molecule is [C-]#[N+]c1ccc2c(cc(C)n2Cc2noc(-c3cc(C(F)(F)F)ccc3F)n2)c1C(F)(F)F. The van der Waals surface area contributed by atoms with Crippen LogP contribution in [-0.4, -0.2) is 14.7 Å². The lowest BCUT2D eigenvalue weighted by Gasteiger charge is -2.11. The molecule has 12 heteroatoms. The Labute approximate surface area is 180 Å². The molecule has 33 heavy (non-hydrogen) atoms. The van der Waals surface area contributed by atoms with E-state index < -0.39 is 46.4 Å². The van der Waals surface area contributed by atoms with E-state index in [1.807, 2.05) is 0 Å². The predicted octanol–water partition coefficient (Wildman–Crippen LogP) is 6.78. The molecule has 0 bridgehead atoms. The molecule has 0 amide bonds. The van der Waals surface area contributed by atoms with Gasteiger partial charge in [0.15, 0.2) is 11.5 Å². The van der Waals surface area contributed by atoms with Crippen LogP contribution in [0.5, 0.6) is 0 Å². The van der Waals surface area contributed by atoms with Crippen LogP contribution in [0.3, 0.4) is 0 Å². The van der Waals surface area contributed by atoms with Crippen molar-refractivity contribution in [2.24, 2.45) is 0 Å². The maximum Gasteiger partial charge on any atom is 0.416 e. The summed E-state index contributed by atoms with van der Waals surface area (Å²) < 4.78 is 100.0. The monoisotopic (exact) mass is 468 g/mol. The molecule has 0 aliphatic rings. The number of halogens is 7. The second kappa shape index (κ2) is 7.61. The third-order valence-corrected chi connectivity index (χ3v) is 4.97. The van der Waals surface area contributed by atoms with Crippen molar-refractivity contribution in [1.29, 1.82) is 0 Å². The van der Waals surface area contributed by atoms with Gasteiger partial charge in [-0.3, -0.25) is 0 Å². The molecule has 2 aromatic heterocycles. The highest BCUT2D eigenvalue weighted by Gasteiger charge is 2.36. The highest BCUT2D eigenvalue weighted by atomic mass is 19.4. The highest BCUT2D eigenvalue weighted by molar-refractivity contribution is 5.90. The quantitative estimate of drug-likeness (QED) is 0.246. The van der Waals surface area contributed by atoms with Crippen molar-refractivity contribution >= 4 is 16.6 Å². The number of aryl methyl sites for hydroxylation is 1. The number of alkyl halides is 6. The Bertz CT molecular complexity index is 1410. The van der Waals surface area contributed by atoms with Gasteiger partial charge in [-0.05, 0) is 37.3 Å². The third-order valence-electron chi connectivity index (χ3n) is 4.97. The summed E-state index contributed by atoms with van der Waals surface area (Å²) in [5.74, 6) is -1.61. The van der Waals surface area contributed by atoms with Crippen molar-refractivity contribution in [1.82, 2.24) is 14.7 Å². The lowest BCUT2D eigenvalue weighted by molar-refractivity contribution is -0.137. The number of benzene rings is 2. The van der Waals surface area contributed by atoms with E-state index in [-0.39, 0.29) is 23.3 Å². The smallest absolute Gasteiger partial charge is 0.337 e. The number of aromatic nitrogens is 3. The molecule has 4 rings (SSSR count). The van der Waals surface area contributed by atoms with E-state index >= 15 is 0 Å². The fourth-order valence-corrected chi connectivity index (χ4v) is 3.49. The van der Waals surface area contributed by atoms with Crippen molar-refractivity contribution in [3.63, 3.8) is 0 Å². The summed E-state index contributed by atoms with van der Waals surface area (Å²) in [6.45, 7) is 8.35. The van der Waals surface area contributed by atoms with Gasteiger partial charge in [0.2, 0.25) is 0 Å². The van der Waals surface area contributed by atoms with Crippen LogP contribution in [0.25, 0.3) is 27.2 Å². The average molecular weight is 468 g/mol. The summed E-state index contributed by atoms with van der Waals surface area (Å²) in [6, 6.07) is 5.39. The molecule has 0 saturated carbocycles. The molecule has 0 radical (unpaired) electrons. The van der Waals surface area contributed by atoms with E-state index in [1.54, 1.807) is 0 Å². The third kappa shape index (κ3) is 4.02. The van der Waals surface area contributed by atoms with Crippen LogP contribution in [0.2, 0.25) is 0 Å². The molecule has 0 unspecified atom stereocenters. The van der Waals surface area contributed by atoms with Gasteiger partial charge in [0.05, 0.1) is 29.8 Å². The Hall–Kier alpha value is -3.88. The van der Waals surface area contributed by atoms with Crippen molar-refractivity contribution in [3.8, 4) is 11.5 Å². The Kier molecular flexibility index (Phi) is 5.15. The average Bonchev–Trinajstić information content (AvgIpc) is 3.30. The lowest BCUT2D eigenvalue weighted by Crippen LogP contribution is -2.07. The van der Waals surface area contributed by atoms with Crippen molar-refractivity contribution in [3.05, 3.63) is 76.3 Å². The van der Waals surface area contributed by atoms with Crippen LogP contribution in [0.1, 0.15) is 22.6 Å². The van der Waals surface area contributed by atoms with Gasteiger partial charge in [-0.2, -0.15) is 31.3 Å². The van der Waals surface area contributed by atoms with Crippen LogP contribution in [0.15, 0.2) is 40.9 Å². The fourth-order valence-electron chi connectivity index (χ4n) is 3.49. The standard InChI is InChI=1S/C21H11F7N4O/c1-10-7-13-16(6-5-15(29-2)18(13)21(26,27)28)32(10)9-17-30-19(33-31-17)12-8-11(20(23,24)25)3-4-14(12)22/h3-8H,9H2,1H3. The zero-order chi connectivity index (χ0) is 24.1. The molecule has 0 fully saturated rings. The second-order valence-corrected chi connectivity index (χ2v) is 7.08. The number of fused-ring (bicyclic) bond motifs is 1. The fraction of sp³-hybridized carbons (Fsp3) is 0.190. The van der Waals surface area contributed by atoms with E-state index in [4.69, 9.17) is 11.1 Å². The van der Waals surface area contributed by atoms with Gasteiger partial charge in [0.1, 0.15) is 5.82 Å². The minimum atomic E-state index is -4.77. The summed E-state index contributed by atoms with van der Waals surface area (Å²) >= 11 is 0. The van der Waals surface area contributed by atoms with E-state index in [9.17, 15) is 30.7 Å². The van der Waals surface area contributed by atoms with Crippen LogP contribution in [0, 0.1) is 19.3 Å².